The van der Waals surface area contributed by atoms with Crippen LogP contribution in [0.3, 0.4) is 0 Å². The fourth-order valence-electron chi connectivity index (χ4n) is 5.06. The number of hydrogen-bond donors (Lipinski definition) is 2. The summed E-state index contributed by atoms with van der Waals surface area (Å²) >= 11 is 6.78. The summed E-state index contributed by atoms with van der Waals surface area (Å²) in [5.41, 5.74) is 10.4. The van der Waals surface area contributed by atoms with Gasteiger partial charge in [-0.25, -0.2) is 4.98 Å². The monoisotopic (exact) mass is 501 g/mol. The zero-order valence-electron chi connectivity index (χ0n) is 20.1. The number of halogens is 1. The number of fused-ring (bicyclic) bond motifs is 1. The van der Waals surface area contributed by atoms with E-state index in [1.54, 1.807) is 18.6 Å². The Morgan fingerprint density at radius 2 is 1.78 bits per heavy atom. The van der Waals surface area contributed by atoms with E-state index < -0.39 is 0 Å². The molecule has 0 bridgehead atoms. The molecule has 0 saturated heterocycles. The van der Waals surface area contributed by atoms with Gasteiger partial charge in [0, 0.05) is 63.8 Å². The highest BCUT2D eigenvalue weighted by molar-refractivity contribution is 6.33. The third-order valence-corrected chi connectivity index (χ3v) is 7.52. The van der Waals surface area contributed by atoms with Gasteiger partial charge in [-0.05, 0) is 57.6 Å². The van der Waals surface area contributed by atoms with Gasteiger partial charge >= 0.3 is 0 Å². The molecule has 0 amide bonds. The van der Waals surface area contributed by atoms with E-state index in [9.17, 15) is 4.79 Å². The molecular formula is C27H28ClN7O. The van der Waals surface area contributed by atoms with Crippen molar-refractivity contribution in [2.45, 2.75) is 63.6 Å². The van der Waals surface area contributed by atoms with Gasteiger partial charge in [0.15, 0.2) is 0 Å². The molecular weight excluding hydrogens is 474 g/mol. The minimum absolute atomic E-state index is 0.0312. The standard InChI is InChI=1S/C27H28ClN7O/c1-15-24(31-11-10-30-15)16-2-9-21(23(28)13-16)22-12-17-14-32-27(33-19-5-6-19)34-25(17)35(26(22)36)20-7-3-18(29)4-8-20/h2,9-14,18-20H,3-8,29H2,1H3,(H,32,33,34). The second-order valence-electron chi connectivity index (χ2n) is 9.88. The van der Waals surface area contributed by atoms with Crippen LogP contribution < -0.4 is 16.6 Å². The summed E-state index contributed by atoms with van der Waals surface area (Å²) < 4.78 is 1.85. The molecule has 3 aromatic heterocycles. The molecule has 2 aliphatic carbocycles. The van der Waals surface area contributed by atoms with Crippen LogP contribution >= 0.6 is 11.6 Å². The predicted octanol–water partition coefficient (Wildman–Crippen LogP) is 4.89. The SMILES string of the molecule is Cc1nccnc1-c1ccc(-c2cc3cnc(NC4CC4)nc3n(C3CCC(N)CC3)c2=O)c(Cl)c1. The van der Waals surface area contributed by atoms with Gasteiger partial charge in [0.2, 0.25) is 5.95 Å². The summed E-state index contributed by atoms with van der Waals surface area (Å²) in [6, 6.07) is 8.16. The van der Waals surface area contributed by atoms with E-state index in [4.69, 9.17) is 22.3 Å². The van der Waals surface area contributed by atoms with E-state index in [2.05, 4.69) is 20.3 Å². The molecule has 0 aliphatic heterocycles. The van der Waals surface area contributed by atoms with E-state index in [0.29, 0.717) is 33.8 Å². The number of anilines is 1. The summed E-state index contributed by atoms with van der Waals surface area (Å²) in [4.78, 5) is 32.1. The number of benzene rings is 1. The average molecular weight is 502 g/mol. The largest absolute Gasteiger partial charge is 0.351 e. The lowest BCUT2D eigenvalue weighted by atomic mass is 9.91. The lowest BCUT2D eigenvalue weighted by Gasteiger charge is -2.29. The molecule has 2 fully saturated rings. The third kappa shape index (κ3) is 4.35. The van der Waals surface area contributed by atoms with Crippen LogP contribution in [0, 0.1) is 6.92 Å². The second-order valence-corrected chi connectivity index (χ2v) is 10.3. The molecule has 1 aromatic carbocycles. The summed E-state index contributed by atoms with van der Waals surface area (Å²) in [6.45, 7) is 1.91. The van der Waals surface area contributed by atoms with Crippen LogP contribution in [0.15, 0.2) is 47.7 Å². The molecule has 36 heavy (non-hydrogen) atoms. The minimum atomic E-state index is -0.0932. The first kappa shape index (κ1) is 23.1. The maximum absolute atomic E-state index is 14.0. The van der Waals surface area contributed by atoms with E-state index in [-0.39, 0.29) is 17.6 Å². The van der Waals surface area contributed by atoms with Crippen molar-refractivity contribution in [3.8, 4) is 22.4 Å². The predicted molar refractivity (Wildman–Crippen MR) is 142 cm³/mol. The van der Waals surface area contributed by atoms with Crippen LogP contribution in [-0.4, -0.2) is 36.6 Å². The maximum Gasteiger partial charge on any atom is 0.260 e. The summed E-state index contributed by atoms with van der Waals surface area (Å²) in [5.74, 6) is 0.570. The molecule has 0 radical (unpaired) electrons. The Bertz CT molecular complexity index is 1510. The van der Waals surface area contributed by atoms with Crippen LogP contribution in [0.25, 0.3) is 33.4 Å². The van der Waals surface area contributed by atoms with Crippen LogP contribution in [0.5, 0.6) is 0 Å². The lowest BCUT2D eigenvalue weighted by Crippen LogP contribution is -2.33. The Hall–Kier alpha value is -3.36. The zero-order chi connectivity index (χ0) is 24.8. The first-order valence-corrected chi connectivity index (χ1v) is 12.9. The maximum atomic E-state index is 14.0. The molecule has 2 aliphatic rings. The molecule has 2 saturated carbocycles. The first-order chi connectivity index (χ1) is 17.5. The third-order valence-electron chi connectivity index (χ3n) is 7.20. The Balaban J connectivity index is 1.49. The number of nitrogens with two attached hydrogens (primary N) is 1. The number of pyridine rings is 1. The summed E-state index contributed by atoms with van der Waals surface area (Å²) in [7, 11) is 0. The van der Waals surface area contributed by atoms with E-state index in [0.717, 1.165) is 60.9 Å². The molecule has 3 N–H and O–H groups in total. The zero-order valence-corrected chi connectivity index (χ0v) is 20.9. The molecule has 0 atom stereocenters. The number of hydrogen-bond acceptors (Lipinski definition) is 7. The van der Waals surface area contributed by atoms with Crippen LogP contribution in [0.2, 0.25) is 5.02 Å². The molecule has 0 unspecified atom stereocenters. The van der Waals surface area contributed by atoms with Crippen molar-refractivity contribution in [2.75, 3.05) is 5.32 Å². The van der Waals surface area contributed by atoms with Gasteiger partial charge in [-0.2, -0.15) is 4.98 Å². The van der Waals surface area contributed by atoms with Gasteiger partial charge < -0.3 is 11.1 Å². The number of rotatable bonds is 5. The number of nitrogens with one attached hydrogen (secondary N) is 1. The Morgan fingerprint density at radius 1 is 1.00 bits per heavy atom. The summed E-state index contributed by atoms with van der Waals surface area (Å²) in [6.07, 6.45) is 10.8. The highest BCUT2D eigenvalue weighted by Crippen LogP contribution is 2.34. The van der Waals surface area contributed by atoms with Crippen molar-refractivity contribution in [3.63, 3.8) is 0 Å². The smallest absolute Gasteiger partial charge is 0.260 e. The normalized spacial score (nSPS) is 20.0. The molecule has 4 aromatic rings. The Labute approximate surface area is 214 Å². The van der Waals surface area contributed by atoms with Crippen LogP contribution in [-0.2, 0) is 0 Å². The fraction of sp³-hybridized carbons (Fsp3) is 0.370. The number of aryl methyl sites for hydroxylation is 1. The molecule has 8 nitrogen and oxygen atoms in total. The second kappa shape index (κ2) is 9.26. The van der Waals surface area contributed by atoms with Crippen molar-refractivity contribution >= 4 is 28.6 Å². The Morgan fingerprint density at radius 3 is 2.50 bits per heavy atom. The number of nitrogens with zero attached hydrogens (tertiary/aromatic N) is 5. The van der Waals surface area contributed by atoms with Gasteiger partial charge in [0.1, 0.15) is 5.65 Å². The van der Waals surface area contributed by atoms with E-state index >= 15 is 0 Å². The van der Waals surface area contributed by atoms with E-state index in [1.807, 2.05) is 35.8 Å². The van der Waals surface area contributed by atoms with Gasteiger partial charge in [-0.1, -0.05) is 23.7 Å². The van der Waals surface area contributed by atoms with Crippen molar-refractivity contribution in [2.24, 2.45) is 5.73 Å². The molecule has 9 heteroatoms. The quantitative estimate of drug-likeness (QED) is 0.400. The van der Waals surface area contributed by atoms with Gasteiger partial charge in [0.05, 0.1) is 11.4 Å². The van der Waals surface area contributed by atoms with Crippen molar-refractivity contribution in [3.05, 3.63) is 63.9 Å². The lowest BCUT2D eigenvalue weighted by molar-refractivity contribution is 0.324. The van der Waals surface area contributed by atoms with Gasteiger partial charge in [-0.3, -0.25) is 19.3 Å². The van der Waals surface area contributed by atoms with Gasteiger partial charge in [-0.15, -0.1) is 0 Å². The van der Waals surface area contributed by atoms with Crippen molar-refractivity contribution < 1.29 is 0 Å². The number of aromatic nitrogens is 5. The van der Waals surface area contributed by atoms with Crippen LogP contribution in [0.4, 0.5) is 5.95 Å². The Kier molecular flexibility index (Phi) is 5.93. The molecule has 3 heterocycles. The van der Waals surface area contributed by atoms with E-state index in [1.165, 1.54) is 0 Å². The topological polar surface area (TPSA) is 112 Å². The first-order valence-electron chi connectivity index (χ1n) is 12.5. The molecule has 0 spiro atoms. The van der Waals surface area contributed by atoms with Crippen molar-refractivity contribution in [1.82, 2.24) is 24.5 Å². The highest BCUT2D eigenvalue weighted by atomic mass is 35.5. The average Bonchev–Trinajstić information content (AvgIpc) is 3.69. The van der Waals surface area contributed by atoms with Gasteiger partial charge in [0.25, 0.3) is 5.56 Å². The summed E-state index contributed by atoms with van der Waals surface area (Å²) in [5, 5.41) is 4.65. The van der Waals surface area contributed by atoms with Crippen LogP contribution in [0.1, 0.15) is 50.3 Å². The molecule has 6 rings (SSSR count). The fourth-order valence-corrected chi connectivity index (χ4v) is 5.35. The minimum Gasteiger partial charge on any atom is -0.351 e. The highest BCUT2D eigenvalue weighted by Gasteiger charge is 2.26. The van der Waals surface area contributed by atoms with Crippen molar-refractivity contribution in [1.29, 1.82) is 0 Å². The molecule has 184 valence electrons.